The molecule has 0 aliphatic heterocycles. The Morgan fingerprint density at radius 3 is 2.56 bits per heavy atom. The molecule has 0 radical (unpaired) electrons. The topological polar surface area (TPSA) is 75.4 Å². The second kappa shape index (κ2) is 8.63. The van der Waals surface area contributed by atoms with E-state index in [9.17, 15) is 14.0 Å². The Bertz CT molecular complexity index is 760. The smallest absolute Gasteiger partial charge is 0.248 e. The maximum Gasteiger partial charge on any atom is 0.248 e. The number of amides is 2. The molecule has 0 aliphatic carbocycles. The van der Waals surface area contributed by atoms with Crippen molar-refractivity contribution in [3.05, 3.63) is 78.1 Å². The molecule has 0 aromatic heterocycles. The lowest BCUT2D eigenvalue weighted by Gasteiger charge is -2.25. The van der Waals surface area contributed by atoms with Gasteiger partial charge >= 0.3 is 0 Å². The van der Waals surface area contributed by atoms with Gasteiger partial charge in [-0.15, -0.1) is 6.58 Å². The average Bonchev–Trinajstić information content (AvgIpc) is 2.61. The number of hydrogen-bond acceptors (Lipinski definition) is 3. The summed E-state index contributed by atoms with van der Waals surface area (Å²) < 4.78 is 13.1. The van der Waals surface area contributed by atoms with Gasteiger partial charge in [-0.05, 0) is 35.9 Å². The van der Waals surface area contributed by atoms with Gasteiger partial charge in [0.2, 0.25) is 11.8 Å². The number of anilines is 1. The summed E-state index contributed by atoms with van der Waals surface area (Å²) in [6.45, 7) is 4.38. The zero-order chi connectivity index (χ0) is 18.2. The monoisotopic (exact) mass is 341 g/mol. The van der Waals surface area contributed by atoms with E-state index in [1.165, 1.54) is 12.1 Å². The Morgan fingerprint density at radius 2 is 1.92 bits per heavy atom. The molecule has 0 saturated carbocycles. The number of nitrogens with zero attached hydrogens (tertiary/aromatic N) is 1. The molecule has 0 spiro atoms. The highest BCUT2D eigenvalue weighted by Gasteiger charge is 2.13. The molecule has 25 heavy (non-hydrogen) atoms. The van der Waals surface area contributed by atoms with Gasteiger partial charge in [0.15, 0.2) is 0 Å². The third-order valence-corrected chi connectivity index (χ3v) is 3.56. The fourth-order valence-corrected chi connectivity index (χ4v) is 2.32. The molecule has 0 aliphatic rings. The first-order valence-electron chi connectivity index (χ1n) is 7.76. The minimum Gasteiger partial charge on any atom is -0.366 e. The van der Waals surface area contributed by atoms with Gasteiger partial charge in [-0.2, -0.15) is 0 Å². The predicted octanol–water partition coefficient (Wildman–Crippen LogP) is 2.23. The van der Waals surface area contributed by atoms with Gasteiger partial charge in [0.05, 0.1) is 6.54 Å². The molecule has 2 amide bonds. The quantitative estimate of drug-likeness (QED) is 0.723. The number of carbonyl (C=O) groups excluding carboxylic acids is 2. The van der Waals surface area contributed by atoms with Crippen LogP contribution in [0.2, 0.25) is 0 Å². The SMILES string of the molecule is C=CCNC(=O)CN(Cc1ccc(F)cc1)c1cccc(C(N)=O)c1. The molecule has 2 rings (SSSR count). The lowest BCUT2D eigenvalue weighted by molar-refractivity contribution is -0.119. The lowest BCUT2D eigenvalue weighted by Crippen LogP contribution is -2.37. The molecule has 0 unspecified atom stereocenters. The first kappa shape index (κ1) is 18.2. The van der Waals surface area contributed by atoms with E-state index in [4.69, 9.17) is 5.73 Å². The zero-order valence-corrected chi connectivity index (χ0v) is 13.7. The van der Waals surface area contributed by atoms with Gasteiger partial charge in [0.25, 0.3) is 0 Å². The molecule has 130 valence electrons. The highest BCUT2D eigenvalue weighted by molar-refractivity contribution is 5.94. The summed E-state index contributed by atoms with van der Waals surface area (Å²) in [6, 6.07) is 12.8. The van der Waals surface area contributed by atoms with Crippen molar-refractivity contribution in [1.29, 1.82) is 0 Å². The van der Waals surface area contributed by atoms with E-state index in [0.29, 0.717) is 24.3 Å². The van der Waals surface area contributed by atoms with Crippen LogP contribution >= 0.6 is 0 Å². The number of carbonyl (C=O) groups is 2. The van der Waals surface area contributed by atoms with Gasteiger partial charge in [0.1, 0.15) is 5.82 Å². The Labute approximate surface area is 145 Å². The van der Waals surface area contributed by atoms with Crippen LogP contribution < -0.4 is 16.0 Å². The fraction of sp³-hybridized carbons (Fsp3) is 0.158. The van der Waals surface area contributed by atoms with Crippen molar-refractivity contribution in [1.82, 2.24) is 5.32 Å². The van der Waals surface area contributed by atoms with E-state index in [0.717, 1.165) is 5.56 Å². The summed E-state index contributed by atoms with van der Waals surface area (Å²) in [6.07, 6.45) is 1.59. The molecule has 2 aromatic carbocycles. The van der Waals surface area contributed by atoms with Gasteiger partial charge in [-0.3, -0.25) is 9.59 Å². The minimum atomic E-state index is -0.542. The molecule has 0 atom stereocenters. The maximum absolute atomic E-state index is 13.1. The van der Waals surface area contributed by atoms with Crippen molar-refractivity contribution in [2.75, 3.05) is 18.0 Å². The second-order valence-corrected chi connectivity index (χ2v) is 5.49. The summed E-state index contributed by atoms with van der Waals surface area (Å²) in [5.74, 6) is -1.05. The van der Waals surface area contributed by atoms with Crippen molar-refractivity contribution < 1.29 is 14.0 Å². The van der Waals surface area contributed by atoms with Gasteiger partial charge in [-0.1, -0.05) is 24.3 Å². The molecular formula is C19H20FN3O2. The van der Waals surface area contributed by atoms with Crippen molar-refractivity contribution in [2.45, 2.75) is 6.54 Å². The number of nitrogens with two attached hydrogens (primary N) is 1. The first-order valence-corrected chi connectivity index (χ1v) is 7.76. The molecule has 6 heteroatoms. The third-order valence-electron chi connectivity index (χ3n) is 3.56. The number of rotatable bonds is 8. The molecule has 0 saturated heterocycles. The third kappa shape index (κ3) is 5.46. The van der Waals surface area contributed by atoms with Crippen molar-refractivity contribution in [3.8, 4) is 0 Å². The van der Waals surface area contributed by atoms with E-state index >= 15 is 0 Å². The largest absolute Gasteiger partial charge is 0.366 e. The van der Waals surface area contributed by atoms with E-state index < -0.39 is 5.91 Å². The minimum absolute atomic E-state index is 0.0768. The number of primary amides is 1. The van der Waals surface area contributed by atoms with Crippen LogP contribution in [-0.2, 0) is 11.3 Å². The van der Waals surface area contributed by atoms with Crippen LogP contribution in [0.1, 0.15) is 15.9 Å². The highest BCUT2D eigenvalue weighted by Crippen LogP contribution is 2.19. The van der Waals surface area contributed by atoms with Crippen LogP contribution in [0.4, 0.5) is 10.1 Å². The fourth-order valence-electron chi connectivity index (χ4n) is 2.32. The molecule has 0 bridgehead atoms. The summed E-state index contributed by atoms with van der Waals surface area (Å²) in [5, 5.41) is 2.71. The van der Waals surface area contributed by atoms with Crippen molar-refractivity contribution >= 4 is 17.5 Å². The number of hydrogen-bond donors (Lipinski definition) is 2. The van der Waals surface area contributed by atoms with Gasteiger partial charge in [0, 0.05) is 24.3 Å². The molecule has 0 fully saturated rings. The predicted molar refractivity (Wildman–Crippen MR) is 95.6 cm³/mol. The summed E-state index contributed by atoms with van der Waals surface area (Å²) in [5.41, 5.74) is 7.20. The standard InChI is InChI=1S/C19H20FN3O2/c1-2-10-22-18(24)13-23(12-14-6-8-16(20)9-7-14)17-5-3-4-15(11-17)19(21)25/h2-9,11H,1,10,12-13H2,(H2,21,25)(H,22,24). The summed E-state index contributed by atoms with van der Waals surface area (Å²) >= 11 is 0. The molecular weight excluding hydrogens is 321 g/mol. The van der Waals surface area contributed by atoms with Crippen LogP contribution in [0.3, 0.4) is 0 Å². The maximum atomic E-state index is 13.1. The number of nitrogens with one attached hydrogen (secondary N) is 1. The van der Waals surface area contributed by atoms with Crippen LogP contribution in [0.5, 0.6) is 0 Å². The molecule has 5 nitrogen and oxygen atoms in total. The first-order chi connectivity index (χ1) is 12.0. The Hall–Kier alpha value is -3.15. The Balaban J connectivity index is 2.25. The molecule has 0 heterocycles. The Morgan fingerprint density at radius 1 is 1.20 bits per heavy atom. The molecule has 3 N–H and O–H groups in total. The van der Waals surface area contributed by atoms with E-state index in [1.54, 1.807) is 47.4 Å². The summed E-state index contributed by atoms with van der Waals surface area (Å²) in [4.78, 5) is 25.3. The Kier molecular flexibility index (Phi) is 6.28. The van der Waals surface area contributed by atoms with Crippen LogP contribution in [0.25, 0.3) is 0 Å². The number of halogens is 1. The van der Waals surface area contributed by atoms with E-state index in [1.807, 2.05) is 0 Å². The lowest BCUT2D eigenvalue weighted by atomic mass is 10.1. The number of benzene rings is 2. The van der Waals surface area contributed by atoms with Crippen molar-refractivity contribution in [2.24, 2.45) is 5.73 Å². The highest BCUT2D eigenvalue weighted by atomic mass is 19.1. The summed E-state index contributed by atoms with van der Waals surface area (Å²) in [7, 11) is 0. The van der Waals surface area contributed by atoms with Gasteiger partial charge < -0.3 is 16.0 Å². The normalized spacial score (nSPS) is 10.1. The van der Waals surface area contributed by atoms with Crippen LogP contribution in [0.15, 0.2) is 61.2 Å². The van der Waals surface area contributed by atoms with E-state index in [2.05, 4.69) is 11.9 Å². The van der Waals surface area contributed by atoms with E-state index in [-0.39, 0.29) is 18.3 Å². The van der Waals surface area contributed by atoms with Gasteiger partial charge in [-0.25, -0.2) is 4.39 Å². The van der Waals surface area contributed by atoms with Crippen LogP contribution in [0, 0.1) is 5.82 Å². The molecule has 2 aromatic rings. The zero-order valence-electron chi connectivity index (χ0n) is 13.7. The van der Waals surface area contributed by atoms with Crippen LogP contribution in [-0.4, -0.2) is 24.9 Å². The van der Waals surface area contributed by atoms with Crippen molar-refractivity contribution in [3.63, 3.8) is 0 Å². The average molecular weight is 341 g/mol. The second-order valence-electron chi connectivity index (χ2n) is 5.49.